The zero-order chi connectivity index (χ0) is 9.56. The van der Waals surface area contributed by atoms with Gasteiger partial charge in [0.2, 0.25) is 0 Å². The molecule has 0 aromatic rings. The Balaban J connectivity index is 3.63. The van der Waals surface area contributed by atoms with E-state index in [9.17, 15) is 9.59 Å². The summed E-state index contributed by atoms with van der Waals surface area (Å²) in [7, 11) is 2.59. The van der Waals surface area contributed by atoms with Crippen molar-refractivity contribution in [1.29, 1.82) is 0 Å². The zero-order valence-electron chi connectivity index (χ0n) is 7.33. The lowest BCUT2D eigenvalue weighted by Gasteiger charge is -2.04. The maximum absolute atomic E-state index is 10.8. The number of quaternary nitrogens is 1. The Kier molecular flexibility index (Phi) is 5.03. The zero-order valence-corrected chi connectivity index (χ0v) is 7.33. The minimum absolute atomic E-state index is 0.194. The monoisotopic (exact) mass is 176 g/mol. The number of carbonyl (C=O) groups excluding carboxylic acids is 2. The summed E-state index contributed by atoms with van der Waals surface area (Å²) in [6.45, 7) is 0. The average molecular weight is 176 g/mol. The molecule has 0 aliphatic rings. The van der Waals surface area contributed by atoms with E-state index in [0.29, 0.717) is 6.42 Å². The topological polar surface area (TPSA) is 80.2 Å². The van der Waals surface area contributed by atoms with Crippen LogP contribution in [0.3, 0.4) is 0 Å². The van der Waals surface area contributed by atoms with E-state index < -0.39 is 12.0 Å². The molecule has 70 valence electrons. The van der Waals surface area contributed by atoms with Crippen molar-refractivity contribution in [3.8, 4) is 0 Å². The Morgan fingerprint density at radius 2 is 1.92 bits per heavy atom. The second-order valence-electron chi connectivity index (χ2n) is 2.33. The lowest BCUT2D eigenvalue weighted by molar-refractivity contribution is -0.409. The molecule has 12 heavy (non-hydrogen) atoms. The van der Waals surface area contributed by atoms with Gasteiger partial charge in [-0.25, -0.2) is 4.79 Å². The van der Waals surface area contributed by atoms with E-state index >= 15 is 0 Å². The number of methoxy groups -OCH3 is 2. The predicted molar refractivity (Wildman–Crippen MR) is 39.9 cm³/mol. The molecule has 0 radical (unpaired) electrons. The molecule has 0 saturated carbocycles. The lowest BCUT2D eigenvalue weighted by atomic mass is 10.2. The van der Waals surface area contributed by atoms with E-state index in [2.05, 4.69) is 15.2 Å². The molecule has 0 heterocycles. The third-order valence-electron chi connectivity index (χ3n) is 1.46. The highest BCUT2D eigenvalue weighted by Crippen LogP contribution is 1.96. The van der Waals surface area contributed by atoms with Crippen LogP contribution in [-0.2, 0) is 19.1 Å². The van der Waals surface area contributed by atoms with Crippen molar-refractivity contribution in [2.45, 2.75) is 18.9 Å². The van der Waals surface area contributed by atoms with Crippen molar-refractivity contribution in [3.63, 3.8) is 0 Å². The number of carbonyl (C=O) groups is 2. The Bertz CT molecular complexity index is 169. The molecule has 5 nitrogen and oxygen atoms in total. The van der Waals surface area contributed by atoms with Crippen LogP contribution in [0.5, 0.6) is 0 Å². The molecule has 3 N–H and O–H groups in total. The number of esters is 2. The van der Waals surface area contributed by atoms with Gasteiger partial charge in [-0.1, -0.05) is 0 Å². The highest BCUT2D eigenvalue weighted by molar-refractivity contribution is 5.75. The molecule has 0 fully saturated rings. The van der Waals surface area contributed by atoms with E-state index in [1.807, 2.05) is 0 Å². The van der Waals surface area contributed by atoms with E-state index in [1.165, 1.54) is 14.2 Å². The van der Waals surface area contributed by atoms with Crippen molar-refractivity contribution in [2.24, 2.45) is 0 Å². The summed E-state index contributed by atoms with van der Waals surface area (Å²) in [5.41, 5.74) is 3.53. The first-order valence-corrected chi connectivity index (χ1v) is 3.59. The van der Waals surface area contributed by atoms with E-state index in [0.717, 1.165) is 0 Å². The Morgan fingerprint density at radius 1 is 1.33 bits per heavy atom. The van der Waals surface area contributed by atoms with Gasteiger partial charge in [-0.3, -0.25) is 4.79 Å². The van der Waals surface area contributed by atoms with Crippen LogP contribution in [0.25, 0.3) is 0 Å². The van der Waals surface area contributed by atoms with Crippen molar-refractivity contribution in [3.05, 3.63) is 0 Å². The summed E-state index contributed by atoms with van der Waals surface area (Å²) in [4.78, 5) is 21.4. The summed E-state index contributed by atoms with van der Waals surface area (Å²) >= 11 is 0. The number of hydrogen-bond donors (Lipinski definition) is 1. The van der Waals surface area contributed by atoms with Crippen LogP contribution < -0.4 is 5.73 Å². The Hall–Kier alpha value is -1.10. The summed E-state index contributed by atoms with van der Waals surface area (Å²) in [6.07, 6.45) is 0.555. The molecule has 1 atom stereocenters. The van der Waals surface area contributed by atoms with Gasteiger partial charge in [-0.15, -0.1) is 0 Å². The minimum Gasteiger partial charge on any atom is -0.469 e. The SMILES string of the molecule is COC(=O)CC[C@H]([NH3+])C(=O)OC. The van der Waals surface area contributed by atoms with Gasteiger partial charge < -0.3 is 15.2 Å². The van der Waals surface area contributed by atoms with Gasteiger partial charge in [0.05, 0.1) is 20.6 Å². The molecular formula is C7H14NO4+. The van der Waals surface area contributed by atoms with Gasteiger partial charge in [0.25, 0.3) is 0 Å². The number of ether oxygens (including phenoxy) is 2. The van der Waals surface area contributed by atoms with Crippen LogP contribution in [0.4, 0.5) is 0 Å². The van der Waals surface area contributed by atoms with Gasteiger partial charge in [-0.05, 0) is 0 Å². The van der Waals surface area contributed by atoms with Crippen LogP contribution in [0.1, 0.15) is 12.8 Å². The van der Waals surface area contributed by atoms with Crippen LogP contribution in [0.15, 0.2) is 0 Å². The highest BCUT2D eigenvalue weighted by atomic mass is 16.5. The third kappa shape index (κ3) is 3.92. The molecule has 0 rings (SSSR count). The first kappa shape index (κ1) is 10.9. The fourth-order valence-corrected chi connectivity index (χ4v) is 0.679. The molecule has 0 bridgehead atoms. The van der Waals surface area contributed by atoms with Gasteiger partial charge in [0.1, 0.15) is 0 Å². The van der Waals surface area contributed by atoms with Crippen molar-refractivity contribution < 1.29 is 24.8 Å². The van der Waals surface area contributed by atoms with E-state index in [1.54, 1.807) is 0 Å². The fourth-order valence-electron chi connectivity index (χ4n) is 0.679. The first-order chi connectivity index (χ1) is 5.61. The van der Waals surface area contributed by atoms with Crippen molar-refractivity contribution in [2.75, 3.05) is 14.2 Å². The Morgan fingerprint density at radius 3 is 2.33 bits per heavy atom. The molecule has 0 aliphatic carbocycles. The van der Waals surface area contributed by atoms with Gasteiger partial charge in [-0.2, -0.15) is 0 Å². The average Bonchev–Trinajstić information content (AvgIpc) is 2.11. The van der Waals surface area contributed by atoms with E-state index in [4.69, 9.17) is 0 Å². The van der Waals surface area contributed by atoms with Crippen LogP contribution in [0, 0.1) is 0 Å². The normalized spacial score (nSPS) is 11.9. The smallest absolute Gasteiger partial charge is 0.364 e. The third-order valence-corrected chi connectivity index (χ3v) is 1.46. The molecule has 5 heteroatoms. The second kappa shape index (κ2) is 5.54. The quantitative estimate of drug-likeness (QED) is 0.541. The maximum Gasteiger partial charge on any atom is 0.364 e. The minimum atomic E-state index is -0.492. The van der Waals surface area contributed by atoms with Gasteiger partial charge in [0.15, 0.2) is 6.04 Å². The first-order valence-electron chi connectivity index (χ1n) is 3.59. The predicted octanol–water partition coefficient (Wildman–Crippen LogP) is -1.28. The lowest BCUT2D eigenvalue weighted by Crippen LogP contribution is -2.65. The molecule has 0 saturated heterocycles. The Labute approximate surface area is 70.8 Å². The van der Waals surface area contributed by atoms with Gasteiger partial charge in [0, 0.05) is 6.42 Å². The molecular weight excluding hydrogens is 162 g/mol. The summed E-state index contributed by atoms with van der Waals surface area (Å²) in [5, 5.41) is 0. The largest absolute Gasteiger partial charge is 0.469 e. The second-order valence-corrected chi connectivity index (χ2v) is 2.33. The fraction of sp³-hybridized carbons (Fsp3) is 0.714. The summed E-state index contributed by atoms with van der Waals surface area (Å²) < 4.78 is 8.82. The van der Waals surface area contributed by atoms with Crippen LogP contribution in [-0.4, -0.2) is 32.2 Å². The number of hydrogen-bond acceptors (Lipinski definition) is 4. The van der Waals surface area contributed by atoms with Crippen LogP contribution in [0.2, 0.25) is 0 Å². The van der Waals surface area contributed by atoms with Crippen LogP contribution >= 0.6 is 0 Å². The highest BCUT2D eigenvalue weighted by Gasteiger charge is 2.18. The molecule has 0 spiro atoms. The van der Waals surface area contributed by atoms with Gasteiger partial charge >= 0.3 is 11.9 Å². The van der Waals surface area contributed by atoms with Crippen molar-refractivity contribution in [1.82, 2.24) is 0 Å². The number of rotatable bonds is 4. The standard InChI is InChI=1S/C7H13NO4/c1-11-6(9)4-3-5(8)7(10)12-2/h5H,3-4,8H2,1-2H3/p+1/t5-/m0/s1. The van der Waals surface area contributed by atoms with Crippen molar-refractivity contribution >= 4 is 11.9 Å². The molecule has 0 unspecified atom stereocenters. The molecule has 0 aliphatic heterocycles. The summed E-state index contributed by atoms with van der Waals surface area (Å²) in [6, 6.07) is -0.492. The maximum atomic E-state index is 10.8. The summed E-state index contributed by atoms with van der Waals surface area (Å²) in [5.74, 6) is -0.744. The molecule has 0 amide bonds. The molecule has 0 aromatic carbocycles. The van der Waals surface area contributed by atoms with E-state index in [-0.39, 0.29) is 12.4 Å². The molecule has 0 aromatic heterocycles.